The van der Waals surface area contributed by atoms with Crippen LogP contribution in [-0.2, 0) is 16.8 Å². The summed E-state index contributed by atoms with van der Waals surface area (Å²) in [5, 5.41) is 9.36. The molecule has 0 radical (unpaired) electrons. The first kappa shape index (κ1) is 22.7. The number of hydrogen-bond acceptors (Lipinski definition) is 2. The topological polar surface area (TPSA) is 65.5 Å². The Kier molecular flexibility index (Phi) is 8.75. The zero-order valence-corrected chi connectivity index (χ0v) is 19.8. The average molecular weight is 557 g/mol. The first-order chi connectivity index (χ1) is 13.1. The van der Waals surface area contributed by atoms with Crippen molar-refractivity contribution in [3.8, 4) is 0 Å². The van der Waals surface area contributed by atoms with Gasteiger partial charge in [-0.05, 0) is 30.0 Å². The monoisotopic (exact) mass is 556 g/mol. The number of halogens is 2. The fourth-order valence-electron chi connectivity index (χ4n) is 3.08. The van der Waals surface area contributed by atoms with E-state index < -0.39 is 0 Å². The third-order valence-electron chi connectivity index (χ3n) is 4.87. The van der Waals surface area contributed by atoms with Crippen molar-refractivity contribution in [3.63, 3.8) is 0 Å². The number of amides is 1. The van der Waals surface area contributed by atoms with E-state index in [0.717, 1.165) is 29.4 Å². The Morgan fingerprint density at radius 3 is 2.36 bits per heavy atom. The minimum absolute atomic E-state index is 0. The maximum Gasteiger partial charge on any atom is 0.239 e. The van der Waals surface area contributed by atoms with Gasteiger partial charge in [-0.25, -0.2) is 0 Å². The predicted octanol–water partition coefficient (Wildman–Crippen LogP) is 3.58. The van der Waals surface area contributed by atoms with Crippen LogP contribution in [0.3, 0.4) is 0 Å². The fraction of sp³-hybridized carbons (Fsp3) is 0.333. The second-order valence-electron chi connectivity index (χ2n) is 6.80. The predicted molar refractivity (Wildman–Crippen MR) is 128 cm³/mol. The molecule has 1 amide bonds. The molecule has 1 aliphatic rings. The SMILES string of the molecule is CN=C(NCC(=O)NCc1ccccc1)NCC1(c2ccccc2Br)CC1.I. The standard InChI is InChI=1S/C21H25BrN4O.HI/c1-23-20(25-14-19(27)24-13-16-7-3-2-4-8-16)26-15-21(11-12-21)17-9-5-6-10-18(17)22;/h2-10H,11-15H2,1H3,(H,24,27)(H2,23,25,26);1H. The molecule has 150 valence electrons. The van der Waals surface area contributed by atoms with Crippen LogP contribution in [0.2, 0.25) is 0 Å². The lowest BCUT2D eigenvalue weighted by atomic mass is 9.96. The molecule has 0 aromatic heterocycles. The van der Waals surface area contributed by atoms with Crippen LogP contribution in [0, 0.1) is 0 Å². The van der Waals surface area contributed by atoms with Crippen molar-refractivity contribution < 1.29 is 4.79 Å². The molecule has 7 heteroatoms. The summed E-state index contributed by atoms with van der Waals surface area (Å²) in [6.07, 6.45) is 2.30. The zero-order chi connectivity index (χ0) is 19.1. The molecule has 1 aliphatic carbocycles. The van der Waals surface area contributed by atoms with Gasteiger partial charge in [0.05, 0.1) is 6.54 Å². The zero-order valence-electron chi connectivity index (χ0n) is 15.9. The number of benzene rings is 2. The van der Waals surface area contributed by atoms with E-state index in [1.165, 1.54) is 5.56 Å². The highest BCUT2D eigenvalue weighted by atomic mass is 127. The molecule has 5 nitrogen and oxygen atoms in total. The number of nitrogens with zero attached hydrogens (tertiary/aromatic N) is 1. The average Bonchev–Trinajstić information content (AvgIpc) is 3.48. The summed E-state index contributed by atoms with van der Waals surface area (Å²) >= 11 is 3.66. The molecule has 1 fully saturated rings. The molecule has 0 saturated heterocycles. The van der Waals surface area contributed by atoms with E-state index in [9.17, 15) is 4.79 Å². The van der Waals surface area contributed by atoms with Gasteiger partial charge in [0.2, 0.25) is 5.91 Å². The third-order valence-corrected chi connectivity index (χ3v) is 5.56. The minimum Gasteiger partial charge on any atom is -0.356 e. The summed E-state index contributed by atoms with van der Waals surface area (Å²) in [5.74, 6) is 0.580. The van der Waals surface area contributed by atoms with Gasteiger partial charge in [-0.15, -0.1) is 24.0 Å². The second kappa shape index (κ2) is 10.8. The third kappa shape index (κ3) is 6.20. The number of aliphatic imine (C=N–C) groups is 1. The Hall–Kier alpha value is -1.61. The molecule has 3 N–H and O–H groups in total. The first-order valence-corrected chi connectivity index (χ1v) is 9.92. The van der Waals surface area contributed by atoms with Crippen molar-refractivity contribution in [1.29, 1.82) is 0 Å². The van der Waals surface area contributed by atoms with Crippen molar-refractivity contribution in [2.75, 3.05) is 20.1 Å². The lowest BCUT2D eigenvalue weighted by molar-refractivity contribution is -0.120. The maximum atomic E-state index is 12.1. The highest BCUT2D eigenvalue weighted by Gasteiger charge is 2.45. The van der Waals surface area contributed by atoms with Gasteiger partial charge < -0.3 is 16.0 Å². The van der Waals surface area contributed by atoms with E-state index in [1.54, 1.807) is 7.05 Å². The number of rotatable bonds is 7. The van der Waals surface area contributed by atoms with Crippen LogP contribution in [0.25, 0.3) is 0 Å². The van der Waals surface area contributed by atoms with Crippen LogP contribution in [-0.4, -0.2) is 32.0 Å². The number of hydrogen-bond donors (Lipinski definition) is 3. The van der Waals surface area contributed by atoms with Gasteiger partial charge >= 0.3 is 0 Å². The summed E-state index contributed by atoms with van der Waals surface area (Å²) < 4.78 is 1.15. The molecular weight excluding hydrogens is 531 g/mol. The highest BCUT2D eigenvalue weighted by molar-refractivity contribution is 14.0. The van der Waals surface area contributed by atoms with Crippen LogP contribution >= 0.6 is 39.9 Å². The number of nitrogens with one attached hydrogen (secondary N) is 3. The molecule has 3 rings (SSSR count). The number of guanidine groups is 1. The van der Waals surface area contributed by atoms with E-state index in [0.29, 0.717) is 12.5 Å². The van der Waals surface area contributed by atoms with Crippen molar-refractivity contribution >= 4 is 51.8 Å². The largest absolute Gasteiger partial charge is 0.356 e. The molecule has 2 aromatic carbocycles. The van der Waals surface area contributed by atoms with Crippen molar-refractivity contribution in [3.05, 3.63) is 70.2 Å². The van der Waals surface area contributed by atoms with E-state index >= 15 is 0 Å². The Bertz CT molecular complexity index is 809. The summed E-state index contributed by atoms with van der Waals surface area (Å²) in [5.41, 5.74) is 2.55. The molecule has 0 aliphatic heterocycles. The minimum atomic E-state index is -0.0613. The Labute approximate surface area is 191 Å². The van der Waals surface area contributed by atoms with Crippen LogP contribution in [0.4, 0.5) is 0 Å². The van der Waals surface area contributed by atoms with Gasteiger partial charge in [0.25, 0.3) is 0 Å². The molecule has 0 unspecified atom stereocenters. The fourth-order valence-corrected chi connectivity index (χ4v) is 3.79. The van der Waals surface area contributed by atoms with Gasteiger partial charge in [-0.1, -0.05) is 64.5 Å². The Balaban J connectivity index is 0.00000280. The van der Waals surface area contributed by atoms with E-state index in [2.05, 4.69) is 55.1 Å². The second-order valence-corrected chi connectivity index (χ2v) is 7.66. The first-order valence-electron chi connectivity index (χ1n) is 9.13. The smallest absolute Gasteiger partial charge is 0.239 e. The number of carbonyl (C=O) groups is 1. The van der Waals surface area contributed by atoms with E-state index in [4.69, 9.17) is 0 Å². The summed E-state index contributed by atoms with van der Waals surface area (Å²) in [4.78, 5) is 16.3. The lowest BCUT2D eigenvalue weighted by Gasteiger charge is -2.20. The van der Waals surface area contributed by atoms with Gasteiger partial charge in [0, 0.05) is 30.0 Å². The van der Waals surface area contributed by atoms with Crippen molar-refractivity contribution in [1.82, 2.24) is 16.0 Å². The molecule has 0 atom stereocenters. The summed E-state index contributed by atoms with van der Waals surface area (Å²) in [6, 6.07) is 18.2. The molecule has 1 saturated carbocycles. The molecule has 0 heterocycles. The highest BCUT2D eigenvalue weighted by Crippen LogP contribution is 2.49. The molecule has 2 aromatic rings. The van der Waals surface area contributed by atoms with Gasteiger partial charge in [0.15, 0.2) is 5.96 Å². The van der Waals surface area contributed by atoms with Gasteiger partial charge in [0.1, 0.15) is 0 Å². The molecule has 0 bridgehead atoms. The van der Waals surface area contributed by atoms with Crippen LogP contribution in [0.15, 0.2) is 64.1 Å². The Morgan fingerprint density at radius 1 is 1.04 bits per heavy atom. The summed E-state index contributed by atoms with van der Waals surface area (Å²) in [7, 11) is 1.72. The van der Waals surface area contributed by atoms with Crippen LogP contribution in [0.5, 0.6) is 0 Å². The van der Waals surface area contributed by atoms with E-state index in [-0.39, 0.29) is 41.8 Å². The Morgan fingerprint density at radius 2 is 1.71 bits per heavy atom. The summed E-state index contributed by atoms with van der Waals surface area (Å²) in [6.45, 7) is 1.51. The van der Waals surface area contributed by atoms with Gasteiger partial charge in [-0.3, -0.25) is 9.79 Å². The normalized spacial score (nSPS) is 14.6. The van der Waals surface area contributed by atoms with Crippen LogP contribution in [0.1, 0.15) is 24.0 Å². The lowest BCUT2D eigenvalue weighted by Crippen LogP contribution is -2.45. The molecule has 0 spiro atoms. The van der Waals surface area contributed by atoms with E-state index in [1.807, 2.05) is 36.4 Å². The maximum absolute atomic E-state index is 12.1. The quantitative estimate of drug-likeness (QED) is 0.277. The van der Waals surface area contributed by atoms with Crippen LogP contribution < -0.4 is 16.0 Å². The molecule has 28 heavy (non-hydrogen) atoms. The molecular formula is C21H26BrIN4O. The van der Waals surface area contributed by atoms with Crippen molar-refractivity contribution in [2.45, 2.75) is 24.8 Å². The van der Waals surface area contributed by atoms with Crippen molar-refractivity contribution in [2.24, 2.45) is 4.99 Å². The van der Waals surface area contributed by atoms with Gasteiger partial charge in [-0.2, -0.15) is 0 Å². The number of carbonyl (C=O) groups excluding carboxylic acids is 1.